The zero-order chi connectivity index (χ0) is 18.2. The number of aromatic nitrogens is 1. The van der Waals surface area contributed by atoms with Crippen LogP contribution in [0.25, 0.3) is 11.1 Å². The van der Waals surface area contributed by atoms with E-state index in [1.807, 2.05) is 42.5 Å². The van der Waals surface area contributed by atoms with Crippen LogP contribution in [0.4, 0.5) is 5.69 Å². The van der Waals surface area contributed by atoms with Gasteiger partial charge in [-0.25, -0.2) is 0 Å². The lowest BCUT2D eigenvalue weighted by molar-refractivity contribution is -0.385. The van der Waals surface area contributed by atoms with E-state index in [1.165, 1.54) is 6.07 Å². The van der Waals surface area contributed by atoms with E-state index >= 15 is 0 Å². The van der Waals surface area contributed by atoms with Gasteiger partial charge in [-0.3, -0.25) is 15.1 Å². The quantitative estimate of drug-likeness (QED) is 0.345. The second kappa shape index (κ2) is 8.73. The number of hydrogen-bond donors (Lipinski definition) is 0. The second-order valence-electron chi connectivity index (χ2n) is 5.56. The normalized spacial score (nSPS) is 10.5. The van der Waals surface area contributed by atoms with Crippen molar-refractivity contribution < 1.29 is 14.4 Å². The summed E-state index contributed by atoms with van der Waals surface area (Å²) >= 11 is 0. The Labute approximate surface area is 151 Å². The minimum atomic E-state index is -0.448. The summed E-state index contributed by atoms with van der Waals surface area (Å²) < 4.78 is 11.2. The van der Waals surface area contributed by atoms with Crippen LogP contribution in [-0.2, 0) is 11.3 Å². The first-order valence-corrected chi connectivity index (χ1v) is 8.17. The number of ether oxygens (including phenoxy) is 2. The molecule has 0 aliphatic heterocycles. The predicted octanol–water partition coefficient (Wildman–Crippen LogP) is 4.25. The molecule has 0 saturated heterocycles. The third-order valence-corrected chi connectivity index (χ3v) is 3.77. The molecule has 6 nitrogen and oxygen atoms in total. The van der Waals surface area contributed by atoms with Crippen molar-refractivity contribution in [2.24, 2.45) is 0 Å². The first kappa shape index (κ1) is 17.6. The van der Waals surface area contributed by atoms with Crippen LogP contribution in [-0.4, -0.2) is 23.1 Å². The largest absolute Gasteiger partial charge is 0.484 e. The van der Waals surface area contributed by atoms with Crippen molar-refractivity contribution in [2.45, 2.75) is 6.61 Å². The summed E-state index contributed by atoms with van der Waals surface area (Å²) in [5.74, 6) is 0.229. The monoisotopic (exact) mass is 350 g/mol. The molecule has 3 aromatic rings. The molecule has 0 amide bonds. The molecule has 0 N–H and O–H groups in total. The molecule has 1 aromatic heterocycles. The molecular weight excluding hydrogens is 332 g/mol. The lowest BCUT2D eigenvalue weighted by Gasteiger charge is -2.10. The zero-order valence-corrected chi connectivity index (χ0v) is 14.1. The Hall–Kier alpha value is -3.25. The van der Waals surface area contributed by atoms with E-state index in [1.54, 1.807) is 24.5 Å². The van der Waals surface area contributed by atoms with Gasteiger partial charge in [-0.15, -0.1) is 0 Å². The van der Waals surface area contributed by atoms with Gasteiger partial charge in [-0.2, -0.15) is 0 Å². The summed E-state index contributed by atoms with van der Waals surface area (Å²) in [6.07, 6.45) is 3.35. The Morgan fingerprint density at radius 2 is 1.69 bits per heavy atom. The van der Waals surface area contributed by atoms with Gasteiger partial charge in [-0.05, 0) is 41.0 Å². The Morgan fingerprint density at radius 1 is 0.923 bits per heavy atom. The highest BCUT2D eigenvalue weighted by atomic mass is 16.6. The molecule has 2 aromatic carbocycles. The molecule has 0 unspecified atom stereocenters. The van der Waals surface area contributed by atoms with Crippen molar-refractivity contribution >= 4 is 5.69 Å². The molecule has 26 heavy (non-hydrogen) atoms. The average Bonchev–Trinajstić information content (AvgIpc) is 2.69. The highest BCUT2D eigenvalue weighted by Gasteiger charge is 2.16. The van der Waals surface area contributed by atoms with Crippen LogP contribution in [0.5, 0.6) is 5.75 Å². The number of nitro benzene ring substituents is 1. The van der Waals surface area contributed by atoms with E-state index in [9.17, 15) is 10.1 Å². The van der Waals surface area contributed by atoms with Crippen molar-refractivity contribution in [1.29, 1.82) is 0 Å². The third-order valence-electron chi connectivity index (χ3n) is 3.77. The van der Waals surface area contributed by atoms with Crippen LogP contribution < -0.4 is 4.74 Å². The van der Waals surface area contributed by atoms with Gasteiger partial charge in [0.05, 0.1) is 18.1 Å². The summed E-state index contributed by atoms with van der Waals surface area (Å²) in [7, 11) is 0. The lowest BCUT2D eigenvalue weighted by Crippen LogP contribution is -2.08. The topological polar surface area (TPSA) is 74.5 Å². The van der Waals surface area contributed by atoms with Crippen LogP contribution in [0.15, 0.2) is 73.1 Å². The predicted molar refractivity (Wildman–Crippen MR) is 97.9 cm³/mol. The van der Waals surface area contributed by atoms with E-state index in [2.05, 4.69) is 4.98 Å². The van der Waals surface area contributed by atoms with Crippen molar-refractivity contribution in [2.75, 3.05) is 13.2 Å². The number of nitrogens with zero attached hydrogens (tertiary/aromatic N) is 2. The van der Waals surface area contributed by atoms with Gasteiger partial charge in [0.2, 0.25) is 0 Å². The number of rotatable bonds is 8. The SMILES string of the molecule is O=[N+]([O-])c1ccc(-c2ccncc2)cc1OCCOCc1ccccc1. The Morgan fingerprint density at radius 3 is 2.42 bits per heavy atom. The highest BCUT2D eigenvalue weighted by Crippen LogP contribution is 2.32. The van der Waals surface area contributed by atoms with Crippen LogP contribution >= 0.6 is 0 Å². The average molecular weight is 350 g/mol. The molecule has 0 saturated carbocycles. The van der Waals surface area contributed by atoms with E-state index in [-0.39, 0.29) is 18.0 Å². The molecule has 0 aliphatic rings. The third kappa shape index (κ3) is 4.64. The van der Waals surface area contributed by atoms with Crippen molar-refractivity contribution in [3.63, 3.8) is 0 Å². The van der Waals surface area contributed by atoms with Gasteiger partial charge < -0.3 is 9.47 Å². The fourth-order valence-corrected chi connectivity index (χ4v) is 2.48. The maximum atomic E-state index is 11.2. The zero-order valence-electron chi connectivity index (χ0n) is 14.1. The molecule has 132 valence electrons. The van der Waals surface area contributed by atoms with Crippen molar-refractivity contribution in [3.05, 3.63) is 88.7 Å². The molecule has 0 fully saturated rings. The maximum absolute atomic E-state index is 11.2. The van der Waals surface area contributed by atoms with Crippen LogP contribution in [0.1, 0.15) is 5.56 Å². The summed E-state index contributed by atoms with van der Waals surface area (Å²) in [6, 6.07) is 18.3. The Balaban J connectivity index is 1.62. The van der Waals surface area contributed by atoms with E-state index < -0.39 is 4.92 Å². The fraction of sp³-hybridized carbons (Fsp3) is 0.150. The first-order chi connectivity index (χ1) is 12.7. The smallest absolute Gasteiger partial charge is 0.310 e. The van der Waals surface area contributed by atoms with E-state index in [4.69, 9.17) is 9.47 Å². The van der Waals surface area contributed by atoms with Crippen molar-refractivity contribution in [1.82, 2.24) is 4.98 Å². The Kier molecular flexibility index (Phi) is 5.90. The summed E-state index contributed by atoms with van der Waals surface area (Å²) in [6.45, 7) is 1.04. The summed E-state index contributed by atoms with van der Waals surface area (Å²) in [5.41, 5.74) is 2.75. The number of benzene rings is 2. The number of hydrogen-bond acceptors (Lipinski definition) is 5. The van der Waals surface area contributed by atoms with Crippen molar-refractivity contribution in [3.8, 4) is 16.9 Å². The first-order valence-electron chi connectivity index (χ1n) is 8.17. The summed E-state index contributed by atoms with van der Waals surface area (Å²) in [4.78, 5) is 14.8. The Bertz CT molecular complexity index is 854. The summed E-state index contributed by atoms with van der Waals surface area (Å²) in [5, 5.41) is 11.2. The molecule has 0 radical (unpaired) electrons. The molecule has 0 bridgehead atoms. The number of nitro groups is 1. The molecule has 0 atom stereocenters. The lowest BCUT2D eigenvalue weighted by atomic mass is 10.1. The van der Waals surface area contributed by atoms with Gasteiger partial charge in [0.15, 0.2) is 5.75 Å². The highest BCUT2D eigenvalue weighted by molar-refractivity contribution is 5.68. The van der Waals surface area contributed by atoms with Crippen LogP contribution in [0.3, 0.4) is 0 Å². The van der Waals surface area contributed by atoms with Gasteiger partial charge in [0.25, 0.3) is 0 Å². The minimum Gasteiger partial charge on any atom is -0.484 e. The van der Waals surface area contributed by atoms with Crippen LogP contribution in [0.2, 0.25) is 0 Å². The van der Waals surface area contributed by atoms with Gasteiger partial charge in [0, 0.05) is 18.5 Å². The van der Waals surface area contributed by atoms with E-state index in [0.717, 1.165) is 16.7 Å². The number of pyridine rings is 1. The van der Waals surface area contributed by atoms with Crippen LogP contribution in [0, 0.1) is 10.1 Å². The maximum Gasteiger partial charge on any atom is 0.310 e. The standard InChI is InChI=1S/C20H18N2O4/c23-22(24)19-7-6-18(17-8-10-21-11-9-17)14-20(19)26-13-12-25-15-16-4-2-1-3-5-16/h1-11,14H,12-13,15H2. The molecular formula is C20H18N2O4. The van der Waals surface area contributed by atoms with Gasteiger partial charge in [0.1, 0.15) is 6.61 Å². The van der Waals surface area contributed by atoms with Gasteiger partial charge >= 0.3 is 5.69 Å². The van der Waals surface area contributed by atoms with E-state index in [0.29, 0.717) is 13.2 Å². The minimum absolute atomic E-state index is 0.0640. The molecule has 0 aliphatic carbocycles. The second-order valence-corrected chi connectivity index (χ2v) is 5.56. The molecule has 3 rings (SSSR count). The molecule has 6 heteroatoms. The van der Waals surface area contributed by atoms with Gasteiger partial charge in [-0.1, -0.05) is 30.3 Å². The molecule has 1 heterocycles. The molecule has 0 spiro atoms. The fourth-order valence-electron chi connectivity index (χ4n) is 2.48.